The molecule has 0 bridgehead atoms. The van der Waals surface area contributed by atoms with Crippen molar-refractivity contribution in [2.24, 2.45) is 5.73 Å². The normalized spacial score (nSPS) is 15.8. The van der Waals surface area contributed by atoms with Gasteiger partial charge in [-0.2, -0.15) is 0 Å². The standard InChI is InChI=1S/C23H29N3O2/c24-21(18-20-10-5-2-6-11-20)23(28)26-15-7-14-25(16-17-26)22(27)13-12-19-8-3-1-4-9-19/h1-6,8-11,21H,7,12-18,24H2/t21-/m0/s1. The first kappa shape index (κ1) is 20.1. The minimum atomic E-state index is -0.539. The van der Waals surface area contributed by atoms with Crippen LogP contribution in [0.25, 0.3) is 0 Å². The first-order valence-electron chi connectivity index (χ1n) is 10.0. The average Bonchev–Trinajstić information content (AvgIpc) is 2.99. The lowest BCUT2D eigenvalue weighted by Gasteiger charge is -2.25. The molecule has 28 heavy (non-hydrogen) atoms. The maximum Gasteiger partial charge on any atom is 0.239 e. The van der Waals surface area contributed by atoms with Crippen molar-refractivity contribution in [3.8, 4) is 0 Å². The predicted molar refractivity (Wildman–Crippen MR) is 111 cm³/mol. The molecule has 2 N–H and O–H groups in total. The van der Waals surface area contributed by atoms with Gasteiger partial charge in [-0.15, -0.1) is 0 Å². The van der Waals surface area contributed by atoms with Crippen LogP contribution in [0, 0.1) is 0 Å². The fraction of sp³-hybridized carbons (Fsp3) is 0.391. The topological polar surface area (TPSA) is 66.6 Å². The Bertz CT molecular complexity index is 764. The SMILES string of the molecule is N[C@@H](Cc1ccccc1)C(=O)N1CCCN(C(=O)CCc2ccccc2)CC1. The number of hydrogen-bond donors (Lipinski definition) is 1. The number of carbonyl (C=O) groups is 2. The van der Waals surface area contributed by atoms with Gasteiger partial charge in [-0.05, 0) is 30.4 Å². The molecule has 0 spiro atoms. The number of rotatable bonds is 6. The van der Waals surface area contributed by atoms with Gasteiger partial charge >= 0.3 is 0 Å². The third-order valence-corrected chi connectivity index (χ3v) is 5.25. The van der Waals surface area contributed by atoms with Crippen LogP contribution in [-0.2, 0) is 22.4 Å². The van der Waals surface area contributed by atoms with Crippen LogP contribution in [-0.4, -0.2) is 53.8 Å². The Morgan fingerprint density at radius 3 is 2.07 bits per heavy atom. The Hall–Kier alpha value is -2.66. The van der Waals surface area contributed by atoms with E-state index < -0.39 is 6.04 Å². The van der Waals surface area contributed by atoms with E-state index >= 15 is 0 Å². The van der Waals surface area contributed by atoms with Gasteiger partial charge in [-0.1, -0.05) is 60.7 Å². The Labute approximate surface area is 167 Å². The summed E-state index contributed by atoms with van der Waals surface area (Å²) in [6, 6.07) is 19.4. The first-order chi connectivity index (χ1) is 13.6. The van der Waals surface area contributed by atoms with Crippen LogP contribution in [0.1, 0.15) is 24.0 Å². The summed E-state index contributed by atoms with van der Waals surface area (Å²) < 4.78 is 0. The molecule has 1 fully saturated rings. The molecule has 148 valence electrons. The van der Waals surface area contributed by atoms with Crippen LogP contribution < -0.4 is 5.73 Å². The Morgan fingerprint density at radius 1 is 0.821 bits per heavy atom. The lowest BCUT2D eigenvalue weighted by molar-refractivity contribution is -0.134. The maximum absolute atomic E-state index is 12.7. The van der Waals surface area contributed by atoms with Crippen molar-refractivity contribution in [1.82, 2.24) is 9.80 Å². The highest BCUT2D eigenvalue weighted by molar-refractivity contribution is 5.82. The zero-order valence-corrected chi connectivity index (χ0v) is 16.3. The summed E-state index contributed by atoms with van der Waals surface area (Å²) in [5.74, 6) is 0.133. The van der Waals surface area contributed by atoms with Gasteiger partial charge in [0.15, 0.2) is 0 Å². The molecule has 1 aliphatic heterocycles. The molecule has 1 atom stereocenters. The minimum absolute atomic E-state index is 0.0255. The number of benzene rings is 2. The molecule has 1 saturated heterocycles. The second-order valence-corrected chi connectivity index (χ2v) is 7.34. The average molecular weight is 380 g/mol. The highest BCUT2D eigenvalue weighted by Crippen LogP contribution is 2.11. The van der Waals surface area contributed by atoms with Crippen LogP contribution in [0.5, 0.6) is 0 Å². The summed E-state index contributed by atoms with van der Waals surface area (Å²) >= 11 is 0. The van der Waals surface area contributed by atoms with Gasteiger partial charge in [0.05, 0.1) is 6.04 Å². The molecule has 1 aliphatic rings. The second kappa shape index (κ2) is 10.0. The highest BCUT2D eigenvalue weighted by Gasteiger charge is 2.25. The van der Waals surface area contributed by atoms with Crippen LogP contribution in [0.15, 0.2) is 60.7 Å². The smallest absolute Gasteiger partial charge is 0.239 e. The summed E-state index contributed by atoms with van der Waals surface area (Å²) in [7, 11) is 0. The molecule has 2 amide bonds. The van der Waals surface area contributed by atoms with E-state index in [1.54, 1.807) is 0 Å². The third-order valence-electron chi connectivity index (χ3n) is 5.25. The molecule has 2 aromatic carbocycles. The van der Waals surface area contributed by atoms with Crippen LogP contribution >= 0.6 is 0 Å². The molecular weight excluding hydrogens is 350 g/mol. The van der Waals surface area contributed by atoms with Gasteiger partial charge in [0.2, 0.25) is 11.8 Å². The van der Waals surface area contributed by atoms with E-state index in [0.29, 0.717) is 39.0 Å². The van der Waals surface area contributed by atoms with Gasteiger partial charge in [0.1, 0.15) is 0 Å². The fourth-order valence-electron chi connectivity index (χ4n) is 3.63. The van der Waals surface area contributed by atoms with Gasteiger partial charge in [-0.25, -0.2) is 0 Å². The van der Waals surface area contributed by atoms with E-state index in [9.17, 15) is 9.59 Å². The Balaban J connectivity index is 1.48. The largest absolute Gasteiger partial charge is 0.341 e. The number of nitrogens with two attached hydrogens (primary N) is 1. The van der Waals surface area contributed by atoms with E-state index in [-0.39, 0.29) is 11.8 Å². The van der Waals surface area contributed by atoms with Crippen LogP contribution in [0.2, 0.25) is 0 Å². The second-order valence-electron chi connectivity index (χ2n) is 7.34. The summed E-state index contributed by atoms with van der Waals surface area (Å²) in [4.78, 5) is 29.0. The van der Waals surface area contributed by atoms with E-state index in [4.69, 9.17) is 5.73 Å². The zero-order chi connectivity index (χ0) is 19.8. The van der Waals surface area contributed by atoms with Gasteiger partial charge in [0, 0.05) is 32.6 Å². The van der Waals surface area contributed by atoms with E-state index in [1.807, 2.05) is 70.5 Å². The van der Waals surface area contributed by atoms with Crippen LogP contribution in [0.4, 0.5) is 0 Å². The lowest BCUT2D eigenvalue weighted by atomic mass is 10.1. The highest BCUT2D eigenvalue weighted by atomic mass is 16.2. The van der Waals surface area contributed by atoms with E-state index in [2.05, 4.69) is 0 Å². The number of aryl methyl sites for hydroxylation is 1. The molecule has 0 saturated carbocycles. The zero-order valence-electron chi connectivity index (χ0n) is 16.3. The van der Waals surface area contributed by atoms with Crippen molar-refractivity contribution in [1.29, 1.82) is 0 Å². The van der Waals surface area contributed by atoms with Crippen molar-refractivity contribution >= 4 is 11.8 Å². The molecule has 0 radical (unpaired) electrons. The number of hydrogen-bond acceptors (Lipinski definition) is 3. The molecule has 2 aromatic rings. The maximum atomic E-state index is 12.7. The van der Waals surface area contributed by atoms with Crippen molar-refractivity contribution in [3.63, 3.8) is 0 Å². The summed E-state index contributed by atoms with van der Waals surface area (Å²) in [6.07, 6.45) is 2.59. The lowest BCUT2D eigenvalue weighted by Crippen LogP contribution is -2.46. The minimum Gasteiger partial charge on any atom is -0.341 e. The van der Waals surface area contributed by atoms with Crippen molar-refractivity contribution < 1.29 is 9.59 Å². The third kappa shape index (κ3) is 5.67. The molecule has 5 heteroatoms. The Morgan fingerprint density at radius 2 is 1.39 bits per heavy atom. The van der Waals surface area contributed by atoms with Crippen molar-refractivity contribution in [2.45, 2.75) is 31.7 Å². The number of carbonyl (C=O) groups excluding carboxylic acids is 2. The monoisotopic (exact) mass is 379 g/mol. The molecule has 1 heterocycles. The molecule has 0 aromatic heterocycles. The molecule has 0 unspecified atom stereocenters. The van der Waals surface area contributed by atoms with Gasteiger partial charge in [0.25, 0.3) is 0 Å². The number of nitrogens with zero attached hydrogens (tertiary/aromatic N) is 2. The van der Waals surface area contributed by atoms with Crippen molar-refractivity contribution in [3.05, 3.63) is 71.8 Å². The van der Waals surface area contributed by atoms with Gasteiger partial charge < -0.3 is 15.5 Å². The summed E-state index contributed by atoms with van der Waals surface area (Å²) in [5.41, 5.74) is 8.41. The fourth-order valence-corrected chi connectivity index (χ4v) is 3.63. The van der Waals surface area contributed by atoms with E-state index in [1.165, 1.54) is 5.56 Å². The van der Waals surface area contributed by atoms with Gasteiger partial charge in [-0.3, -0.25) is 9.59 Å². The molecule has 5 nitrogen and oxygen atoms in total. The summed E-state index contributed by atoms with van der Waals surface area (Å²) in [6.45, 7) is 2.49. The predicted octanol–water partition coefficient (Wildman–Crippen LogP) is 2.25. The molecule has 3 rings (SSSR count). The van der Waals surface area contributed by atoms with Crippen LogP contribution in [0.3, 0.4) is 0 Å². The molecular formula is C23H29N3O2. The first-order valence-corrected chi connectivity index (χ1v) is 10.0. The quantitative estimate of drug-likeness (QED) is 0.837. The molecule has 0 aliphatic carbocycles. The summed E-state index contributed by atoms with van der Waals surface area (Å²) in [5, 5.41) is 0. The van der Waals surface area contributed by atoms with Crippen molar-refractivity contribution in [2.75, 3.05) is 26.2 Å². The van der Waals surface area contributed by atoms with E-state index in [0.717, 1.165) is 18.4 Å². The number of amides is 2. The Kier molecular flexibility index (Phi) is 7.20.